The average molecular weight is 245 g/mol. The summed E-state index contributed by atoms with van der Waals surface area (Å²) in [6, 6.07) is 12.6. The minimum atomic E-state index is 0.382. The van der Waals surface area contributed by atoms with E-state index in [4.69, 9.17) is 4.98 Å². The molecule has 78 valence electrons. The second-order valence-corrected chi connectivity index (χ2v) is 5.50. The predicted molar refractivity (Wildman–Crippen MR) is 63.2 cm³/mol. The van der Waals surface area contributed by atoms with Crippen molar-refractivity contribution >= 4 is 15.5 Å². The molecule has 16 heavy (non-hydrogen) atoms. The first-order chi connectivity index (χ1) is 7.92. The number of allylic oxidation sites excluding steroid dienone is 4. The van der Waals surface area contributed by atoms with Gasteiger partial charge in [-0.2, -0.15) is 0 Å². The predicted octanol–water partition coefficient (Wildman–Crippen LogP) is 2.79. The Hall–Kier alpha value is -1.36. The summed E-state index contributed by atoms with van der Waals surface area (Å²) in [5.74, 6) is 0. The van der Waals surface area contributed by atoms with E-state index in [1.165, 1.54) is 14.4 Å². The first kappa shape index (κ1) is 9.84. The maximum atomic E-state index is 4.70. The van der Waals surface area contributed by atoms with Crippen LogP contribution < -0.4 is 4.56 Å². The van der Waals surface area contributed by atoms with Crippen LogP contribution in [0.5, 0.6) is 0 Å². The Bertz CT molecular complexity index is 584. The molecule has 0 fully saturated rings. The van der Waals surface area contributed by atoms with Crippen molar-refractivity contribution in [1.82, 2.24) is 4.98 Å². The first-order valence-corrected chi connectivity index (χ1v) is 6.59. The molecule has 0 amide bonds. The summed E-state index contributed by atoms with van der Waals surface area (Å²) in [6.45, 7) is 0. The van der Waals surface area contributed by atoms with Gasteiger partial charge in [-0.25, -0.2) is 0 Å². The van der Waals surface area contributed by atoms with E-state index < -0.39 is 0 Å². The van der Waals surface area contributed by atoms with Gasteiger partial charge in [-0.05, 0) is 0 Å². The third kappa shape index (κ3) is 1.95. The van der Waals surface area contributed by atoms with E-state index in [0.717, 1.165) is 11.9 Å². The van der Waals surface area contributed by atoms with Gasteiger partial charge in [-0.3, -0.25) is 0 Å². The third-order valence-electron chi connectivity index (χ3n) is 2.55. The second-order valence-electron chi connectivity index (χ2n) is 3.71. The van der Waals surface area contributed by atoms with Crippen molar-refractivity contribution < 1.29 is 15.2 Å². The summed E-state index contributed by atoms with van der Waals surface area (Å²) in [5.41, 5.74) is 1.11. The van der Waals surface area contributed by atoms with Crippen LogP contribution in [0.2, 0.25) is 0 Å². The van der Waals surface area contributed by atoms with E-state index in [-0.39, 0.29) is 0 Å². The van der Waals surface area contributed by atoms with E-state index in [1.54, 1.807) is 0 Å². The molecule has 1 aromatic heterocycles. The molecule has 0 spiro atoms. The van der Waals surface area contributed by atoms with Crippen LogP contribution in [0.25, 0.3) is 10.9 Å². The van der Waals surface area contributed by atoms with Crippen LogP contribution in [0.15, 0.2) is 59.1 Å². The van der Waals surface area contributed by atoms with Gasteiger partial charge in [0.1, 0.15) is 0 Å². The van der Waals surface area contributed by atoms with Crippen molar-refractivity contribution in [2.75, 3.05) is 0 Å². The van der Waals surface area contributed by atoms with Gasteiger partial charge in [0.25, 0.3) is 0 Å². The van der Waals surface area contributed by atoms with Crippen LogP contribution in [0.3, 0.4) is 0 Å². The van der Waals surface area contributed by atoms with Gasteiger partial charge in [0.15, 0.2) is 0 Å². The zero-order chi connectivity index (χ0) is 10.8. The summed E-state index contributed by atoms with van der Waals surface area (Å²) >= 11 is 0.382. The molecule has 0 aliphatic heterocycles. The average Bonchev–Trinajstić information content (AvgIpc) is 2.82. The van der Waals surface area contributed by atoms with Crippen molar-refractivity contribution in [3.05, 3.63) is 59.1 Å². The molecule has 1 heterocycles. The monoisotopic (exact) mass is 245 g/mol. The van der Waals surface area contributed by atoms with Gasteiger partial charge in [0, 0.05) is 0 Å². The Morgan fingerprint density at radius 1 is 1.06 bits per heavy atom. The Morgan fingerprint density at radius 3 is 2.88 bits per heavy atom. The summed E-state index contributed by atoms with van der Waals surface area (Å²) in [6.07, 6.45) is 7.67. The molecule has 0 saturated carbocycles. The summed E-state index contributed by atoms with van der Waals surface area (Å²) in [4.78, 5) is 4.70. The van der Waals surface area contributed by atoms with E-state index >= 15 is 0 Å². The molecule has 1 nitrogen and oxygen atoms in total. The molecule has 0 atom stereocenters. The molecule has 0 bridgehead atoms. The number of pyridine rings is 1. The topological polar surface area (TPSA) is 12.9 Å². The van der Waals surface area contributed by atoms with Gasteiger partial charge in [-0.15, -0.1) is 0 Å². The van der Waals surface area contributed by atoms with Crippen molar-refractivity contribution in [2.24, 2.45) is 0 Å². The summed E-state index contributed by atoms with van der Waals surface area (Å²) < 4.78 is 2.73. The molecule has 1 aliphatic rings. The van der Waals surface area contributed by atoms with E-state index in [9.17, 15) is 0 Å². The number of aromatic nitrogens is 1. The number of rotatable bonds is 2. The molecular formula is C14H11CrN. The van der Waals surface area contributed by atoms with Gasteiger partial charge in [0.05, 0.1) is 0 Å². The molecule has 1 aromatic carbocycles. The zero-order valence-electron chi connectivity index (χ0n) is 8.76. The van der Waals surface area contributed by atoms with Gasteiger partial charge < -0.3 is 0 Å². The van der Waals surface area contributed by atoms with Crippen LogP contribution in [-0.4, -0.2) is 4.98 Å². The molecule has 1 aliphatic carbocycles. The van der Waals surface area contributed by atoms with Gasteiger partial charge >= 0.3 is 101 Å². The molecule has 2 aromatic rings. The number of fused-ring (bicyclic) bond motifs is 1. The SMILES string of the molecule is C1=CC[C]([Cr][c]2ccc3ccccc3n2)=C1. The Morgan fingerprint density at radius 2 is 2.00 bits per heavy atom. The van der Waals surface area contributed by atoms with E-state index in [1.807, 2.05) is 6.07 Å². The molecule has 0 N–H and O–H groups in total. The van der Waals surface area contributed by atoms with Gasteiger partial charge in [0.2, 0.25) is 0 Å². The van der Waals surface area contributed by atoms with Crippen molar-refractivity contribution in [3.63, 3.8) is 0 Å². The van der Waals surface area contributed by atoms with Crippen LogP contribution in [0.4, 0.5) is 0 Å². The molecule has 0 unspecified atom stereocenters. The van der Waals surface area contributed by atoms with Crippen LogP contribution >= 0.6 is 0 Å². The quantitative estimate of drug-likeness (QED) is 0.792. The molecule has 3 rings (SSSR count). The van der Waals surface area contributed by atoms with E-state index in [2.05, 4.69) is 48.6 Å². The van der Waals surface area contributed by atoms with Crippen molar-refractivity contribution in [3.8, 4) is 0 Å². The third-order valence-corrected chi connectivity index (χ3v) is 4.11. The Kier molecular flexibility index (Phi) is 2.62. The van der Waals surface area contributed by atoms with Crippen LogP contribution in [0.1, 0.15) is 6.42 Å². The molecule has 2 heteroatoms. The van der Waals surface area contributed by atoms with E-state index in [0.29, 0.717) is 15.2 Å². The number of para-hydroxylation sites is 1. The Labute approximate surface area is 101 Å². The van der Waals surface area contributed by atoms with Crippen molar-refractivity contribution in [2.45, 2.75) is 6.42 Å². The number of hydrogen-bond donors (Lipinski definition) is 0. The van der Waals surface area contributed by atoms with Gasteiger partial charge in [-0.1, -0.05) is 0 Å². The van der Waals surface area contributed by atoms with Crippen molar-refractivity contribution in [1.29, 1.82) is 0 Å². The normalized spacial score (nSPS) is 14.4. The molecule has 0 radical (unpaired) electrons. The van der Waals surface area contributed by atoms with Crippen LogP contribution in [-0.2, 0) is 15.2 Å². The fraction of sp³-hybridized carbons (Fsp3) is 0.0714. The summed E-state index contributed by atoms with van der Waals surface area (Å²) in [5, 5.41) is 1.22. The van der Waals surface area contributed by atoms with Crippen LogP contribution in [0, 0.1) is 0 Å². The number of benzene rings is 1. The Balaban J connectivity index is 1.93. The molecular weight excluding hydrogens is 234 g/mol. The molecule has 0 saturated heterocycles. The fourth-order valence-electron chi connectivity index (χ4n) is 1.74. The second kappa shape index (κ2) is 4.25. The number of hydrogen-bond acceptors (Lipinski definition) is 1. The standard InChI is InChI=1S/C9H6N.C5H5.Cr/c1-2-6-9-8(4-1)5-3-7-10-9;1-2-4-5-3-1;/h1-6H;1-3H,4H2;. The maximum absolute atomic E-state index is 4.70. The first-order valence-electron chi connectivity index (χ1n) is 5.31. The zero-order valence-corrected chi connectivity index (χ0v) is 10.0. The summed E-state index contributed by atoms with van der Waals surface area (Å²) in [7, 11) is 0. The number of nitrogens with zero attached hydrogens (tertiary/aromatic N) is 1. The fourth-order valence-corrected chi connectivity index (χ4v) is 3.11. The minimum absolute atomic E-state index is 0.382.